The third-order valence-corrected chi connectivity index (χ3v) is 8.36. The van der Waals surface area contributed by atoms with Crippen molar-refractivity contribution in [2.24, 2.45) is 40.4 Å². The first-order valence-corrected chi connectivity index (χ1v) is 8.77. The van der Waals surface area contributed by atoms with E-state index in [1.165, 1.54) is 19.3 Å². The Morgan fingerprint density at radius 3 is 2.21 bits per heavy atom. The number of nitrogens with one attached hydrogen (secondary N) is 1. The topological polar surface area (TPSA) is 12.0 Å². The molecule has 5 aliphatic carbocycles. The summed E-state index contributed by atoms with van der Waals surface area (Å²) < 4.78 is 0. The Kier molecular flexibility index (Phi) is 1.98. The fourth-order valence-electron chi connectivity index (χ4n) is 7.46. The van der Waals surface area contributed by atoms with Gasteiger partial charge < -0.3 is 5.32 Å². The van der Waals surface area contributed by atoms with Crippen molar-refractivity contribution in [2.75, 3.05) is 0 Å². The standard InChI is InChI=1S/C18H29N/c1-17(2)12-6-7-18(3,9-12)16(17)19-15-13-10-4-5-11(8-10)14(13)15/h10-16,19H,4-9H2,1-3H3/t10?,11?,12-,13?,14?,15?,16?,18+/m0/s1. The maximum absolute atomic E-state index is 4.22. The molecule has 0 saturated heterocycles. The number of rotatable bonds is 2. The van der Waals surface area contributed by atoms with Crippen LogP contribution in [0.5, 0.6) is 0 Å². The van der Waals surface area contributed by atoms with Crippen molar-refractivity contribution in [1.82, 2.24) is 5.32 Å². The maximum Gasteiger partial charge on any atom is 0.0178 e. The van der Waals surface area contributed by atoms with E-state index in [1.807, 2.05) is 0 Å². The predicted molar refractivity (Wildman–Crippen MR) is 77.8 cm³/mol. The highest BCUT2D eigenvalue weighted by molar-refractivity contribution is 5.20. The second kappa shape index (κ2) is 3.24. The smallest absolute Gasteiger partial charge is 0.0178 e. The van der Waals surface area contributed by atoms with Gasteiger partial charge in [-0.1, -0.05) is 20.8 Å². The zero-order valence-corrected chi connectivity index (χ0v) is 12.8. The van der Waals surface area contributed by atoms with Gasteiger partial charge in [0, 0.05) is 12.1 Å². The Morgan fingerprint density at radius 1 is 0.947 bits per heavy atom. The van der Waals surface area contributed by atoms with Gasteiger partial charge in [-0.15, -0.1) is 0 Å². The Hall–Kier alpha value is -0.0400. The summed E-state index contributed by atoms with van der Waals surface area (Å²) in [6, 6.07) is 1.72. The highest BCUT2D eigenvalue weighted by atomic mass is 15.1. The number of fused-ring (bicyclic) bond motifs is 7. The molecule has 0 amide bonds. The van der Waals surface area contributed by atoms with Crippen molar-refractivity contribution in [3.63, 3.8) is 0 Å². The van der Waals surface area contributed by atoms with Crippen LogP contribution in [0.1, 0.15) is 59.3 Å². The summed E-state index contributed by atoms with van der Waals surface area (Å²) in [5.41, 5.74) is 1.16. The quantitative estimate of drug-likeness (QED) is 0.794. The number of hydrogen-bond acceptors (Lipinski definition) is 1. The predicted octanol–water partition coefficient (Wildman–Crippen LogP) is 3.84. The molecule has 5 rings (SSSR count). The first kappa shape index (κ1) is 11.6. The van der Waals surface area contributed by atoms with Gasteiger partial charge in [0.1, 0.15) is 0 Å². The van der Waals surface area contributed by atoms with Gasteiger partial charge in [-0.3, -0.25) is 0 Å². The SMILES string of the molecule is CC1(C)C(NC2C3C4CCC(C4)C23)[C@]2(C)CC[C@H]1C2. The van der Waals surface area contributed by atoms with E-state index < -0.39 is 0 Å². The third-order valence-electron chi connectivity index (χ3n) is 8.36. The molecule has 0 radical (unpaired) electrons. The van der Waals surface area contributed by atoms with E-state index >= 15 is 0 Å². The van der Waals surface area contributed by atoms with Crippen molar-refractivity contribution in [3.8, 4) is 0 Å². The molecule has 0 aromatic carbocycles. The molecule has 4 bridgehead atoms. The Morgan fingerprint density at radius 2 is 1.63 bits per heavy atom. The third kappa shape index (κ3) is 1.27. The van der Waals surface area contributed by atoms with Crippen LogP contribution in [0.2, 0.25) is 0 Å². The minimum atomic E-state index is 0.545. The minimum Gasteiger partial charge on any atom is -0.310 e. The molecular weight excluding hydrogens is 230 g/mol. The molecule has 0 spiro atoms. The average Bonchev–Trinajstić information content (AvgIpc) is 2.77. The van der Waals surface area contributed by atoms with E-state index in [0.717, 1.165) is 41.7 Å². The molecule has 7 atom stereocenters. The molecule has 1 heteroatoms. The molecule has 106 valence electrons. The lowest BCUT2D eigenvalue weighted by molar-refractivity contribution is 0.103. The van der Waals surface area contributed by atoms with Gasteiger partial charge in [-0.2, -0.15) is 0 Å². The van der Waals surface area contributed by atoms with Crippen LogP contribution in [-0.4, -0.2) is 12.1 Å². The zero-order valence-electron chi connectivity index (χ0n) is 12.8. The molecule has 19 heavy (non-hydrogen) atoms. The summed E-state index contributed by atoms with van der Waals surface area (Å²) in [6.45, 7) is 7.67. The average molecular weight is 259 g/mol. The van der Waals surface area contributed by atoms with Crippen LogP contribution in [0.15, 0.2) is 0 Å². The van der Waals surface area contributed by atoms with Crippen LogP contribution in [-0.2, 0) is 0 Å². The lowest BCUT2D eigenvalue weighted by Crippen LogP contribution is -2.52. The highest BCUT2D eigenvalue weighted by Crippen LogP contribution is 2.68. The first-order valence-electron chi connectivity index (χ1n) is 8.77. The van der Waals surface area contributed by atoms with Gasteiger partial charge in [0.15, 0.2) is 0 Å². The Bertz CT molecular complexity index is 407. The Labute approximate surface area is 117 Å². The molecule has 0 heterocycles. The summed E-state index contributed by atoms with van der Waals surface area (Å²) in [5, 5.41) is 4.22. The minimum absolute atomic E-state index is 0.545. The van der Waals surface area contributed by atoms with E-state index in [1.54, 1.807) is 19.3 Å². The van der Waals surface area contributed by atoms with E-state index in [0.29, 0.717) is 10.8 Å². The van der Waals surface area contributed by atoms with Crippen LogP contribution in [0, 0.1) is 40.4 Å². The summed E-state index contributed by atoms with van der Waals surface area (Å²) in [5.74, 6) is 5.41. The van der Waals surface area contributed by atoms with Crippen LogP contribution in [0.3, 0.4) is 0 Å². The fourth-order valence-corrected chi connectivity index (χ4v) is 7.46. The van der Waals surface area contributed by atoms with E-state index in [9.17, 15) is 0 Å². The molecule has 1 nitrogen and oxygen atoms in total. The molecule has 5 fully saturated rings. The molecule has 0 aromatic rings. The van der Waals surface area contributed by atoms with Crippen molar-refractivity contribution >= 4 is 0 Å². The maximum atomic E-state index is 4.22. The lowest BCUT2D eigenvalue weighted by atomic mass is 9.68. The zero-order chi connectivity index (χ0) is 13.0. The van der Waals surface area contributed by atoms with Gasteiger partial charge in [0.2, 0.25) is 0 Å². The summed E-state index contributed by atoms with van der Waals surface area (Å²) in [6.07, 6.45) is 9.15. The van der Waals surface area contributed by atoms with Crippen LogP contribution < -0.4 is 5.32 Å². The second-order valence-corrected chi connectivity index (χ2v) is 9.53. The highest BCUT2D eigenvalue weighted by Gasteiger charge is 2.67. The second-order valence-electron chi connectivity index (χ2n) is 9.53. The van der Waals surface area contributed by atoms with E-state index in [2.05, 4.69) is 26.1 Å². The molecular formula is C18H29N. The van der Waals surface area contributed by atoms with Gasteiger partial charge in [-0.05, 0) is 78.9 Å². The normalized spacial score (nSPS) is 63.6. The van der Waals surface area contributed by atoms with Crippen molar-refractivity contribution in [3.05, 3.63) is 0 Å². The van der Waals surface area contributed by atoms with Gasteiger partial charge in [0.05, 0.1) is 0 Å². The molecule has 1 N–H and O–H groups in total. The first-order chi connectivity index (χ1) is 9.01. The van der Waals surface area contributed by atoms with Crippen molar-refractivity contribution in [1.29, 1.82) is 0 Å². The van der Waals surface area contributed by atoms with E-state index in [-0.39, 0.29) is 0 Å². The lowest BCUT2D eigenvalue weighted by Gasteiger charge is -2.44. The van der Waals surface area contributed by atoms with Crippen molar-refractivity contribution < 1.29 is 0 Å². The van der Waals surface area contributed by atoms with Crippen LogP contribution >= 0.6 is 0 Å². The monoisotopic (exact) mass is 259 g/mol. The molecule has 5 unspecified atom stereocenters. The molecule has 5 aliphatic rings. The summed E-state index contributed by atoms with van der Waals surface area (Å²) in [4.78, 5) is 0. The largest absolute Gasteiger partial charge is 0.310 e. The van der Waals surface area contributed by atoms with Crippen LogP contribution in [0.25, 0.3) is 0 Å². The summed E-state index contributed by atoms with van der Waals surface area (Å²) >= 11 is 0. The van der Waals surface area contributed by atoms with Gasteiger partial charge >= 0.3 is 0 Å². The van der Waals surface area contributed by atoms with Gasteiger partial charge in [-0.25, -0.2) is 0 Å². The molecule has 0 aliphatic heterocycles. The van der Waals surface area contributed by atoms with Crippen LogP contribution in [0.4, 0.5) is 0 Å². The molecule has 5 saturated carbocycles. The Balaban J connectivity index is 1.38. The number of hydrogen-bond donors (Lipinski definition) is 1. The summed E-state index contributed by atoms with van der Waals surface area (Å²) in [7, 11) is 0. The van der Waals surface area contributed by atoms with Crippen molar-refractivity contribution in [2.45, 2.75) is 71.4 Å². The van der Waals surface area contributed by atoms with Gasteiger partial charge in [0.25, 0.3) is 0 Å². The fraction of sp³-hybridized carbons (Fsp3) is 1.00. The van der Waals surface area contributed by atoms with E-state index in [4.69, 9.17) is 0 Å². The molecule has 0 aromatic heterocycles.